The molecule has 0 bridgehead atoms. The summed E-state index contributed by atoms with van der Waals surface area (Å²) < 4.78 is 55.5. The molecule has 31 heavy (non-hydrogen) atoms. The van der Waals surface area contributed by atoms with E-state index in [9.17, 15) is 21.6 Å². The Morgan fingerprint density at radius 2 is 1.90 bits per heavy atom. The molecule has 0 aliphatic carbocycles. The van der Waals surface area contributed by atoms with Gasteiger partial charge in [0.05, 0.1) is 36.2 Å². The van der Waals surface area contributed by atoms with Crippen LogP contribution < -0.4 is 5.32 Å². The quantitative estimate of drug-likeness (QED) is 0.546. The van der Waals surface area contributed by atoms with Crippen molar-refractivity contribution >= 4 is 25.8 Å². The van der Waals surface area contributed by atoms with Gasteiger partial charge in [0.2, 0.25) is 15.9 Å². The van der Waals surface area contributed by atoms with Gasteiger partial charge >= 0.3 is 0 Å². The first-order valence-electron chi connectivity index (χ1n) is 10.6. The Balaban J connectivity index is 1.53. The molecule has 0 radical (unpaired) electrons. The van der Waals surface area contributed by atoms with E-state index in [1.165, 1.54) is 4.31 Å². The summed E-state index contributed by atoms with van der Waals surface area (Å²) in [6.45, 7) is 4.57. The minimum absolute atomic E-state index is 0.110. The van der Waals surface area contributed by atoms with Crippen molar-refractivity contribution in [1.82, 2.24) is 14.5 Å². The predicted octanol–water partition coefficient (Wildman–Crippen LogP) is 0.223. The number of hydrogen-bond donors (Lipinski definition) is 1. The topological polar surface area (TPSA) is 113 Å². The number of morpholine rings is 1. The number of carbonyl (C=O) groups is 1. The van der Waals surface area contributed by atoms with E-state index in [1.807, 2.05) is 11.8 Å². The minimum Gasteiger partial charge on any atom is -0.379 e. The van der Waals surface area contributed by atoms with Gasteiger partial charge in [0.15, 0.2) is 9.84 Å². The molecule has 2 saturated heterocycles. The summed E-state index contributed by atoms with van der Waals surface area (Å²) in [5.74, 6) is 0.112. The third kappa shape index (κ3) is 6.48. The Labute approximate surface area is 184 Å². The number of carbonyl (C=O) groups excluding carboxylic acids is 1. The second-order valence-electron chi connectivity index (χ2n) is 7.96. The lowest BCUT2D eigenvalue weighted by molar-refractivity contribution is -0.122. The number of rotatable bonds is 9. The summed E-state index contributed by atoms with van der Waals surface area (Å²) in [4.78, 5) is 14.6. The highest BCUT2D eigenvalue weighted by Gasteiger charge is 2.32. The van der Waals surface area contributed by atoms with Gasteiger partial charge in [-0.1, -0.05) is 19.1 Å². The molecule has 2 aliphatic heterocycles. The van der Waals surface area contributed by atoms with E-state index < -0.39 is 19.9 Å². The molecule has 1 aromatic carbocycles. The van der Waals surface area contributed by atoms with Gasteiger partial charge in [0.25, 0.3) is 0 Å². The van der Waals surface area contributed by atoms with Gasteiger partial charge < -0.3 is 10.1 Å². The highest BCUT2D eigenvalue weighted by atomic mass is 32.2. The number of hydrogen-bond acceptors (Lipinski definition) is 7. The Bertz CT molecular complexity index is 957. The van der Waals surface area contributed by atoms with Gasteiger partial charge in [0, 0.05) is 25.7 Å². The molecule has 2 heterocycles. The first-order valence-corrected chi connectivity index (χ1v) is 13.9. The van der Waals surface area contributed by atoms with Crippen LogP contribution in [0.1, 0.15) is 25.3 Å². The standard InChI is InChI=1S/C20H31N3O6S2/c1-2-8-22(18-7-13-30(25,26)16-18)15-20(24)21-14-17-3-5-19(6-4-17)31(27,28)23-9-11-29-12-10-23/h3-6,18H,2,7-16H2,1H3,(H,21,24). The van der Waals surface area contributed by atoms with E-state index in [4.69, 9.17) is 4.74 Å². The van der Waals surface area contributed by atoms with Gasteiger partial charge in [0.1, 0.15) is 0 Å². The number of sulfone groups is 1. The average molecular weight is 474 g/mol. The van der Waals surface area contributed by atoms with Crippen LogP contribution in [0.4, 0.5) is 0 Å². The zero-order chi connectivity index (χ0) is 22.5. The third-order valence-electron chi connectivity index (χ3n) is 5.60. The van der Waals surface area contributed by atoms with Crippen LogP contribution in [0.15, 0.2) is 29.2 Å². The Kier molecular flexibility index (Phi) is 8.08. The van der Waals surface area contributed by atoms with Crippen LogP contribution in [0.2, 0.25) is 0 Å². The Morgan fingerprint density at radius 1 is 1.23 bits per heavy atom. The Morgan fingerprint density at radius 3 is 2.48 bits per heavy atom. The maximum atomic E-state index is 12.7. The number of amides is 1. The van der Waals surface area contributed by atoms with Crippen LogP contribution in [0.3, 0.4) is 0 Å². The van der Waals surface area contributed by atoms with Crippen molar-refractivity contribution in [3.63, 3.8) is 0 Å². The second-order valence-corrected chi connectivity index (χ2v) is 12.1. The van der Waals surface area contributed by atoms with Crippen molar-refractivity contribution < 1.29 is 26.4 Å². The van der Waals surface area contributed by atoms with E-state index in [0.717, 1.165) is 12.0 Å². The number of nitrogens with one attached hydrogen (secondary N) is 1. The molecule has 174 valence electrons. The predicted molar refractivity (Wildman–Crippen MR) is 117 cm³/mol. The maximum absolute atomic E-state index is 12.7. The largest absolute Gasteiger partial charge is 0.379 e. The number of sulfonamides is 1. The van der Waals surface area contributed by atoms with E-state index in [1.54, 1.807) is 24.3 Å². The highest BCUT2D eigenvalue weighted by molar-refractivity contribution is 7.91. The van der Waals surface area contributed by atoms with Gasteiger partial charge in [-0.15, -0.1) is 0 Å². The van der Waals surface area contributed by atoms with Crippen LogP contribution in [0.25, 0.3) is 0 Å². The van der Waals surface area contributed by atoms with Crippen molar-refractivity contribution in [3.8, 4) is 0 Å². The zero-order valence-electron chi connectivity index (χ0n) is 17.8. The summed E-state index contributed by atoms with van der Waals surface area (Å²) in [7, 11) is -6.55. The van der Waals surface area contributed by atoms with Crippen LogP contribution in [-0.4, -0.2) is 88.9 Å². The highest BCUT2D eigenvalue weighted by Crippen LogP contribution is 2.19. The van der Waals surface area contributed by atoms with Gasteiger partial charge in [-0.25, -0.2) is 16.8 Å². The van der Waals surface area contributed by atoms with Crippen LogP contribution in [0, 0.1) is 0 Å². The van der Waals surface area contributed by atoms with E-state index in [2.05, 4.69) is 5.32 Å². The number of benzene rings is 1. The zero-order valence-corrected chi connectivity index (χ0v) is 19.5. The van der Waals surface area contributed by atoms with Crippen LogP contribution in [-0.2, 0) is 35.9 Å². The van der Waals surface area contributed by atoms with E-state index >= 15 is 0 Å². The molecule has 1 N–H and O–H groups in total. The fourth-order valence-corrected chi connectivity index (χ4v) is 7.07. The first kappa shape index (κ1) is 24.1. The number of nitrogens with zero attached hydrogens (tertiary/aromatic N) is 2. The molecule has 1 unspecified atom stereocenters. The van der Waals surface area contributed by atoms with Crippen LogP contribution in [0.5, 0.6) is 0 Å². The van der Waals surface area contributed by atoms with E-state index in [0.29, 0.717) is 39.3 Å². The summed E-state index contributed by atoms with van der Waals surface area (Å²) in [5.41, 5.74) is 0.791. The third-order valence-corrected chi connectivity index (χ3v) is 9.27. The maximum Gasteiger partial charge on any atom is 0.243 e. The molecule has 1 amide bonds. The van der Waals surface area contributed by atoms with Crippen molar-refractivity contribution in [1.29, 1.82) is 0 Å². The molecule has 2 fully saturated rings. The molecule has 2 aliphatic rings. The first-order chi connectivity index (χ1) is 14.7. The molecular formula is C20H31N3O6S2. The van der Waals surface area contributed by atoms with Crippen molar-refractivity contribution in [3.05, 3.63) is 29.8 Å². The molecule has 1 atom stereocenters. The molecule has 3 rings (SSSR count). The molecule has 0 saturated carbocycles. The summed E-state index contributed by atoms with van der Waals surface area (Å²) in [5, 5.41) is 2.85. The number of ether oxygens (including phenoxy) is 1. The molecule has 0 aromatic heterocycles. The van der Waals surface area contributed by atoms with Crippen molar-refractivity contribution in [2.75, 3.05) is 50.9 Å². The van der Waals surface area contributed by atoms with Gasteiger partial charge in [-0.3, -0.25) is 9.69 Å². The average Bonchev–Trinajstić information content (AvgIpc) is 3.12. The molecule has 11 heteroatoms. The van der Waals surface area contributed by atoms with Crippen molar-refractivity contribution in [2.24, 2.45) is 0 Å². The summed E-state index contributed by atoms with van der Waals surface area (Å²) in [6, 6.07) is 6.39. The SMILES string of the molecule is CCCN(CC(=O)NCc1ccc(S(=O)(=O)N2CCOCC2)cc1)C1CCS(=O)(=O)C1. The second kappa shape index (κ2) is 10.4. The summed E-state index contributed by atoms with van der Waals surface area (Å²) >= 11 is 0. The van der Waals surface area contributed by atoms with Gasteiger partial charge in [-0.05, 0) is 37.1 Å². The fourth-order valence-electron chi connectivity index (χ4n) is 3.90. The fraction of sp³-hybridized carbons (Fsp3) is 0.650. The lowest BCUT2D eigenvalue weighted by atomic mass is 10.2. The minimum atomic E-state index is -3.54. The molecule has 1 aromatic rings. The monoisotopic (exact) mass is 473 g/mol. The normalized spacial score (nSPS) is 21.9. The summed E-state index contributed by atoms with van der Waals surface area (Å²) in [6.07, 6.45) is 1.40. The molecule has 0 spiro atoms. The smallest absolute Gasteiger partial charge is 0.243 e. The van der Waals surface area contributed by atoms with Gasteiger partial charge in [-0.2, -0.15) is 4.31 Å². The molecule has 9 nitrogen and oxygen atoms in total. The Hall–Kier alpha value is -1.53. The van der Waals surface area contributed by atoms with E-state index in [-0.39, 0.29) is 41.4 Å². The molecular weight excluding hydrogens is 442 g/mol. The van der Waals surface area contributed by atoms with Crippen molar-refractivity contribution in [2.45, 2.75) is 37.2 Å². The van der Waals surface area contributed by atoms with Crippen LogP contribution >= 0.6 is 0 Å². The lowest BCUT2D eigenvalue weighted by Gasteiger charge is -2.27. The lowest BCUT2D eigenvalue weighted by Crippen LogP contribution is -2.43.